The van der Waals surface area contributed by atoms with Crippen molar-refractivity contribution in [2.45, 2.75) is 32.2 Å². The van der Waals surface area contributed by atoms with Crippen molar-refractivity contribution < 1.29 is 9.72 Å². The van der Waals surface area contributed by atoms with Gasteiger partial charge in [0.15, 0.2) is 0 Å². The van der Waals surface area contributed by atoms with Crippen molar-refractivity contribution in [2.24, 2.45) is 5.73 Å². The molecule has 0 heterocycles. The number of hydrogen-bond acceptors (Lipinski definition) is 4. The van der Waals surface area contributed by atoms with E-state index in [9.17, 15) is 14.9 Å². The second kappa shape index (κ2) is 6.29. The first-order valence-corrected chi connectivity index (χ1v) is 6.07. The minimum atomic E-state index is -0.516. The summed E-state index contributed by atoms with van der Waals surface area (Å²) >= 11 is 0. The van der Waals surface area contributed by atoms with E-state index in [0.29, 0.717) is 13.0 Å². The van der Waals surface area contributed by atoms with Gasteiger partial charge in [0.05, 0.1) is 4.92 Å². The molecule has 1 aromatic carbocycles. The maximum atomic E-state index is 11.5. The number of nitro groups is 1. The fourth-order valence-corrected chi connectivity index (χ4v) is 1.61. The standard InChI is InChI=1S/C13H19N3O3/c1-13(2,14)9-12(17)15-8-7-10-3-5-11(6-4-10)16(18)19/h3-6H,7-9,14H2,1-2H3,(H,15,17). The van der Waals surface area contributed by atoms with Gasteiger partial charge < -0.3 is 11.1 Å². The fraction of sp³-hybridized carbons (Fsp3) is 0.462. The van der Waals surface area contributed by atoms with E-state index in [1.165, 1.54) is 12.1 Å². The van der Waals surface area contributed by atoms with Gasteiger partial charge in [0, 0.05) is 30.6 Å². The van der Waals surface area contributed by atoms with Gasteiger partial charge in [-0.15, -0.1) is 0 Å². The summed E-state index contributed by atoms with van der Waals surface area (Å²) in [6.07, 6.45) is 0.905. The van der Waals surface area contributed by atoms with Gasteiger partial charge >= 0.3 is 0 Å². The number of nitrogens with one attached hydrogen (secondary N) is 1. The van der Waals surface area contributed by atoms with E-state index < -0.39 is 10.5 Å². The minimum absolute atomic E-state index is 0.0673. The van der Waals surface area contributed by atoms with Crippen LogP contribution in [0.2, 0.25) is 0 Å². The maximum Gasteiger partial charge on any atom is 0.269 e. The van der Waals surface area contributed by atoms with Gasteiger partial charge in [0.1, 0.15) is 0 Å². The quantitative estimate of drug-likeness (QED) is 0.599. The molecule has 0 unspecified atom stereocenters. The number of benzene rings is 1. The number of rotatable bonds is 6. The van der Waals surface area contributed by atoms with Crippen molar-refractivity contribution in [3.63, 3.8) is 0 Å². The number of carbonyl (C=O) groups excluding carboxylic acids is 1. The highest BCUT2D eigenvalue weighted by atomic mass is 16.6. The lowest BCUT2D eigenvalue weighted by Gasteiger charge is -2.17. The maximum absolute atomic E-state index is 11.5. The average Bonchev–Trinajstić information content (AvgIpc) is 2.27. The number of amides is 1. The molecule has 0 aliphatic carbocycles. The molecule has 0 fully saturated rings. The van der Waals surface area contributed by atoms with Crippen molar-refractivity contribution in [1.29, 1.82) is 0 Å². The number of nitro benzene ring substituents is 1. The molecular formula is C13H19N3O3. The Morgan fingerprint density at radius 3 is 2.42 bits per heavy atom. The van der Waals surface area contributed by atoms with Crippen molar-refractivity contribution in [1.82, 2.24) is 5.32 Å². The third kappa shape index (κ3) is 5.96. The van der Waals surface area contributed by atoms with Crippen LogP contribution in [0.4, 0.5) is 5.69 Å². The summed E-state index contributed by atoms with van der Waals surface area (Å²) in [5.41, 5.74) is 6.23. The molecule has 0 saturated carbocycles. The molecule has 0 aliphatic heterocycles. The third-order valence-electron chi connectivity index (χ3n) is 2.50. The Hall–Kier alpha value is -1.95. The Morgan fingerprint density at radius 1 is 1.37 bits per heavy atom. The highest BCUT2D eigenvalue weighted by Crippen LogP contribution is 2.12. The third-order valence-corrected chi connectivity index (χ3v) is 2.50. The van der Waals surface area contributed by atoms with E-state index in [0.717, 1.165) is 5.56 Å². The van der Waals surface area contributed by atoms with Crippen LogP contribution >= 0.6 is 0 Å². The first kappa shape index (κ1) is 15.1. The molecule has 104 valence electrons. The van der Waals surface area contributed by atoms with Crippen LogP contribution in [0.3, 0.4) is 0 Å². The Bertz CT molecular complexity index is 449. The van der Waals surface area contributed by atoms with Gasteiger partial charge in [-0.3, -0.25) is 14.9 Å². The summed E-state index contributed by atoms with van der Waals surface area (Å²) in [5, 5.41) is 13.3. The second-order valence-electron chi connectivity index (χ2n) is 5.19. The van der Waals surface area contributed by atoms with Crippen LogP contribution < -0.4 is 11.1 Å². The van der Waals surface area contributed by atoms with E-state index in [-0.39, 0.29) is 18.0 Å². The molecule has 6 nitrogen and oxygen atoms in total. The topological polar surface area (TPSA) is 98.3 Å². The molecule has 0 spiro atoms. The first-order chi connectivity index (χ1) is 8.78. The lowest BCUT2D eigenvalue weighted by atomic mass is 10.0. The molecule has 6 heteroatoms. The molecule has 0 radical (unpaired) electrons. The smallest absolute Gasteiger partial charge is 0.269 e. The van der Waals surface area contributed by atoms with Crippen molar-refractivity contribution in [3.05, 3.63) is 39.9 Å². The zero-order valence-corrected chi connectivity index (χ0v) is 11.2. The van der Waals surface area contributed by atoms with Crippen molar-refractivity contribution in [3.8, 4) is 0 Å². The predicted molar refractivity (Wildman–Crippen MR) is 72.7 cm³/mol. The van der Waals surface area contributed by atoms with Crippen LogP contribution in [0.15, 0.2) is 24.3 Å². The van der Waals surface area contributed by atoms with E-state index in [1.54, 1.807) is 26.0 Å². The molecule has 0 atom stereocenters. The lowest BCUT2D eigenvalue weighted by Crippen LogP contribution is -2.39. The van der Waals surface area contributed by atoms with Crippen LogP contribution in [0.5, 0.6) is 0 Å². The number of nitrogens with zero attached hydrogens (tertiary/aromatic N) is 1. The van der Waals surface area contributed by atoms with Crippen LogP contribution in [0.25, 0.3) is 0 Å². The summed E-state index contributed by atoms with van der Waals surface area (Å²) in [6.45, 7) is 4.08. The van der Waals surface area contributed by atoms with Crippen molar-refractivity contribution >= 4 is 11.6 Å². The molecule has 19 heavy (non-hydrogen) atoms. The van der Waals surface area contributed by atoms with E-state index in [2.05, 4.69) is 5.32 Å². The fourth-order valence-electron chi connectivity index (χ4n) is 1.61. The van der Waals surface area contributed by atoms with Gasteiger partial charge in [0.2, 0.25) is 5.91 Å². The zero-order chi connectivity index (χ0) is 14.5. The number of nitrogens with two attached hydrogens (primary N) is 1. The molecule has 0 saturated heterocycles. The highest BCUT2D eigenvalue weighted by Gasteiger charge is 2.15. The van der Waals surface area contributed by atoms with Gasteiger partial charge in [-0.2, -0.15) is 0 Å². The zero-order valence-electron chi connectivity index (χ0n) is 11.2. The minimum Gasteiger partial charge on any atom is -0.356 e. The van der Waals surface area contributed by atoms with E-state index in [1.807, 2.05) is 0 Å². The molecular weight excluding hydrogens is 246 g/mol. The Balaban J connectivity index is 2.37. The SMILES string of the molecule is CC(C)(N)CC(=O)NCCc1ccc([N+](=O)[O-])cc1. The summed E-state index contributed by atoms with van der Waals surface area (Å²) in [4.78, 5) is 21.6. The monoisotopic (exact) mass is 265 g/mol. The molecule has 1 amide bonds. The van der Waals surface area contributed by atoms with Crippen LogP contribution in [-0.2, 0) is 11.2 Å². The Kier molecular flexibility index (Phi) is 5.00. The molecule has 0 aliphatic rings. The first-order valence-electron chi connectivity index (χ1n) is 6.07. The number of non-ortho nitro benzene ring substituents is 1. The molecule has 0 bridgehead atoms. The van der Waals surface area contributed by atoms with Crippen LogP contribution in [0.1, 0.15) is 25.8 Å². The van der Waals surface area contributed by atoms with Crippen LogP contribution in [0, 0.1) is 10.1 Å². The van der Waals surface area contributed by atoms with Crippen LogP contribution in [-0.4, -0.2) is 22.9 Å². The molecule has 3 N–H and O–H groups in total. The van der Waals surface area contributed by atoms with E-state index >= 15 is 0 Å². The predicted octanol–water partition coefficient (Wildman–Crippen LogP) is 1.38. The summed E-state index contributed by atoms with van der Waals surface area (Å²) in [6, 6.07) is 6.30. The second-order valence-corrected chi connectivity index (χ2v) is 5.19. The summed E-state index contributed by atoms with van der Waals surface area (Å²) in [7, 11) is 0. The Labute approximate surface area is 112 Å². The molecule has 0 aromatic heterocycles. The Morgan fingerprint density at radius 2 is 1.95 bits per heavy atom. The van der Waals surface area contributed by atoms with Gasteiger partial charge in [-0.1, -0.05) is 12.1 Å². The number of carbonyl (C=O) groups is 1. The summed E-state index contributed by atoms with van der Waals surface area (Å²) in [5.74, 6) is -0.0885. The van der Waals surface area contributed by atoms with Crippen molar-refractivity contribution in [2.75, 3.05) is 6.54 Å². The van der Waals surface area contributed by atoms with Gasteiger partial charge in [0.25, 0.3) is 5.69 Å². The average molecular weight is 265 g/mol. The molecule has 1 aromatic rings. The summed E-state index contributed by atoms with van der Waals surface area (Å²) < 4.78 is 0. The normalized spacial score (nSPS) is 11.1. The number of hydrogen-bond donors (Lipinski definition) is 2. The lowest BCUT2D eigenvalue weighted by molar-refractivity contribution is -0.384. The van der Waals surface area contributed by atoms with E-state index in [4.69, 9.17) is 5.73 Å². The highest BCUT2D eigenvalue weighted by molar-refractivity contribution is 5.77. The largest absolute Gasteiger partial charge is 0.356 e. The molecule has 1 rings (SSSR count). The van der Waals surface area contributed by atoms with Gasteiger partial charge in [-0.25, -0.2) is 0 Å². The van der Waals surface area contributed by atoms with Gasteiger partial charge in [-0.05, 0) is 25.8 Å².